The smallest absolute Gasteiger partial charge is 0.234 e. The molecule has 1 heterocycles. The van der Waals surface area contributed by atoms with Gasteiger partial charge in [0.25, 0.3) is 0 Å². The van der Waals surface area contributed by atoms with E-state index in [4.69, 9.17) is 23.2 Å². The zero-order chi connectivity index (χ0) is 19.9. The highest BCUT2D eigenvalue weighted by Gasteiger charge is 2.13. The van der Waals surface area contributed by atoms with Crippen LogP contribution in [-0.4, -0.2) is 26.4 Å². The molecule has 1 amide bonds. The van der Waals surface area contributed by atoms with Crippen LogP contribution >= 0.6 is 35.0 Å². The van der Waals surface area contributed by atoms with Crippen molar-refractivity contribution in [3.05, 3.63) is 70.0 Å². The fourth-order valence-corrected chi connectivity index (χ4v) is 4.13. The van der Waals surface area contributed by atoms with E-state index in [0.29, 0.717) is 15.7 Å². The Hall–Kier alpha value is -2.02. The predicted octanol–water partition coefficient (Wildman–Crippen LogP) is 5.12. The first kappa shape index (κ1) is 20.7. The summed E-state index contributed by atoms with van der Waals surface area (Å²) in [7, 11) is 0. The van der Waals surface area contributed by atoms with E-state index in [9.17, 15) is 4.79 Å². The van der Waals surface area contributed by atoms with Gasteiger partial charge in [-0.3, -0.25) is 4.79 Å². The minimum atomic E-state index is -0.153. The van der Waals surface area contributed by atoms with E-state index in [2.05, 4.69) is 32.2 Å². The molecule has 2 aromatic carbocycles. The van der Waals surface area contributed by atoms with E-state index in [1.54, 1.807) is 18.2 Å². The summed E-state index contributed by atoms with van der Waals surface area (Å²) in [4.78, 5) is 12.2. The van der Waals surface area contributed by atoms with E-state index < -0.39 is 0 Å². The quantitative estimate of drug-likeness (QED) is 0.499. The van der Waals surface area contributed by atoms with Crippen LogP contribution in [0.15, 0.2) is 53.7 Å². The second-order valence-electron chi connectivity index (χ2n) is 6.12. The number of halogens is 2. The monoisotopic (exact) mass is 434 g/mol. The molecule has 0 unspecified atom stereocenters. The Labute approximate surface area is 178 Å². The van der Waals surface area contributed by atoms with Crippen molar-refractivity contribution in [2.75, 3.05) is 11.1 Å². The molecule has 3 rings (SSSR count). The van der Waals surface area contributed by atoms with Gasteiger partial charge in [0.1, 0.15) is 5.82 Å². The average Bonchev–Trinajstić information content (AvgIpc) is 3.06. The number of anilines is 1. The van der Waals surface area contributed by atoms with Crippen molar-refractivity contribution in [2.45, 2.75) is 31.5 Å². The number of nitrogens with one attached hydrogen (secondary N) is 1. The lowest BCUT2D eigenvalue weighted by Gasteiger charge is -2.08. The maximum absolute atomic E-state index is 12.2. The summed E-state index contributed by atoms with van der Waals surface area (Å²) in [6.45, 7) is 2.80. The third-order valence-electron chi connectivity index (χ3n) is 4.07. The topological polar surface area (TPSA) is 59.8 Å². The van der Waals surface area contributed by atoms with E-state index in [1.807, 2.05) is 25.1 Å². The molecule has 0 aliphatic carbocycles. The maximum Gasteiger partial charge on any atom is 0.234 e. The second kappa shape index (κ2) is 9.96. The van der Waals surface area contributed by atoms with Crippen molar-refractivity contribution in [1.82, 2.24) is 14.8 Å². The molecule has 8 heteroatoms. The summed E-state index contributed by atoms with van der Waals surface area (Å²) in [5.41, 5.74) is 1.84. The number of amides is 1. The molecule has 0 saturated carbocycles. The van der Waals surface area contributed by atoms with Crippen LogP contribution in [0, 0.1) is 0 Å². The molecule has 0 radical (unpaired) electrons. The number of carbonyl (C=O) groups is 1. The standard InChI is InChI=1S/C20H20Cl2N4OS/c1-2-26-18(9-8-14-6-4-3-5-7-14)24-25-20(26)28-13-19(27)23-17-11-15(21)10-16(22)12-17/h3-7,10-12H,2,8-9,13H2,1H3,(H,23,27). The van der Waals surface area contributed by atoms with Crippen LogP contribution < -0.4 is 5.32 Å². The lowest BCUT2D eigenvalue weighted by atomic mass is 10.1. The second-order valence-corrected chi connectivity index (χ2v) is 7.94. The fraction of sp³-hybridized carbons (Fsp3) is 0.250. The molecule has 3 aromatic rings. The third-order valence-corrected chi connectivity index (χ3v) is 5.47. The molecule has 0 bridgehead atoms. The molecule has 0 fully saturated rings. The van der Waals surface area contributed by atoms with Crippen molar-refractivity contribution >= 4 is 46.6 Å². The SMILES string of the molecule is CCn1c(CCc2ccccc2)nnc1SCC(=O)Nc1cc(Cl)cc(Cl)c1. The first-order valence-corrected chi connectivity index (χ1v) is 10.6. The van der Waals surface area contributed by atoms with Crippen LogP contribution in [0.2, 0.25) is 10.0 Å². The fourth-order valence-electron chi connectivity index (χ4n) is 2.78. The molecule has 1 N–H and O–H groups in total. The number of benzene rings is 2. The molecule has 0 atom stereocenters. The van der Waals surface area contributed by atoms with Gasteiger partial charge >= 0.3 is 0 Å². The van der Waals surface area contributed by atoms with Crippen LogP contribution in [0.4, 0.5) is 5.69 Å². The Bertz CT molecular complexity index is 926. The number of nitrogens with zero attached hydrogens (tertiary/aromatic N) is 3. The first-order chi connectivity index (χ1) is 13.5. The first-order valence-electron chi connectivity index (χ1n) is 8.90. The molecule has 0 spiro atoms. The number of thioether (sulfide) groups is 1. The highest BCUT2D eigenvalue weighted by Crippen LogP contribution is 2.23. The van der Waals surface area contributed by atoms with Gasteiger partial charge in [-0.05, 0) is 37.1 Å². The van der Waals surface area contributed by atoms with Crippen molar-refractivity contribution in [3.8, 4) is 0 Å². The van der Waals surface area contributed by atoms with Gasteiger partial charge in [-0.15, -0.1) is 10.2 Å². The van der Waals surface area contributed by atoms with Crippen LogP contribution in [0.1, 0.15) is 18.3 Å². The van der Waals surface area contributed by atoms with E-state index in [-0.39, 0.29) is 11.7 Å². The highest BCUT2D eigenvalue weighted by molar-refractivity contribution is 7.99. The molecule has 0 aliphatic rings. The number of carbonyl (C=O) groups excluding carboxylic acids is 1. The van der Waals surface area contributed by atoms with E-state index in [1.165, 1.54) is 17.3 Å². The van der Waals surface area contributed by atoms with Gasteiger partial charge in [0.05, 0.1) is 5.75 Å². The summed E-state index contributed by atoms with van der Waals surface area (Å²) in [5.74, 6) is 0.997. The Morgan fingerprint density at radius 1 is 1.07 bits per heavy atom. The Morgan fingerprint density at radius 2 is 1.79 bits per heavy atom. The predicted molar refractivity (Wildman–Crippen MR) is 115 cm³/mol. The number of aryl methyl sites for hydroxylation is 2. The van der Waals surface area contributed by atoms with Crippen LogP contribution in [-0.2, 0) is 24.2 Å². The number of hydrogen-bond donors (Lipinski definition) is 1. The summed E-state index contributed by atoms with van der Waals surface area (Å²) in [6.07, 6.45) is 1.71. The number of aromatic nitrogens is 3. The zero-order valence-electron chi connectivity index (χ0n) is 15.4. The molecule has 0 saturated heterocycles. The van der Waals surface area contributed by atoms with Gasteiger partial charge in [0, 0.05) is 28.7 Å². The lowest BCUT2D eigenvalue weighted by molar-refractivity contribution is -0.113. The largest absolute Gasteiger partial charge is 0.325 e. The maximum atomic E-state index is 12.2. The van der Waals surface area contributed by atoms with Gasteiger partial charge in [0.2, 0.25) is 5.91 Å². The Balaban J connectivity index is 1.58. The van der Waals surface area contributed by atoms with Crippen molar-refractivity contribution < 1.29 is 4.79 Å². The van der Waals surface area contributed by atoms with Gasteiger partial charge in [0.15, 0.2) is 5.16 Å². The number of rotatable bonds is 8. The zero-order valence-corrected chi connectivity index (χ0v) is 17.7. The van der Waals surface area contributed by atoms with Crippen molar-refractivity contribution in [1.29, 1.82) is 0 Å². The van der Waals surface area contributed by atoms with Crippen LogP contribution in [0.5, 0.6) is 0 Å². The van der Waals surface area contributed by atoms with Crippen molar-refractivity contribution in [2.24, 2.45) is 0 Å². The average molecular weight is 435 g/mol. The summed E-state index contributed by atoms with van der Waals surface area (Å²) >= 11 is 13.3. The third kappa shape index (κ3) is 5.74. The van der Waals surface area contributed by atoms with Crippen LogP contribution in [0.3, 0.4) is 0 Å². The van der Waals surface area contributed by atoms with Gasteiger partial charge in [-0.1, -0.05) is 65.3 Å². The number of hydrogen-bond acceptors (Lipinski definition) is 4. The molecular weight excluding hydrogens is 415 g/mol. The summed E-state index contributed by atoms with van der Waals surface area (Å²) in [5, 5.41) is 13.1. The Kier molecular flexibility index (Phi) is 7.36. The molecular formula is C20H20Cl2N4OS. The molecule has 1 aromatic heterocycles. The molecule has 0 aliphatic heterocycles. The highest BCUT2D eigenvalue weighted by atomic mass is 35.5. The normalized spacial score (nSPS) is 10.8. The summed E-state index contributed by atoms with van der Waals surface area (Å²) in [6, 6.07) is 15.2. The van der Waals surface area contributed by atoms with E-state index in [0.717, 1.165) is 30.4 Å². The lowest BCUT2D eigenvalue weighted by Crippen LogP contribution is -2.14. The van der Waals surface area contributed by atoms with Gasteiger partial charge < -0.3 is 9.88 Å². The van der Waals surface area contributed by atoms with Gasteiger partial charge in [-0.25, -0.2) is 0 Å². The van der Waals surface area contributed by atoms with Gasteiger partial charge in [-0.2, -0.15) is 0 Å². The minimum absolute atomic E-state index is 0.153. The van der Waals surface area contributed by atoms with Crippen molar-refractivity contribution in [3.63, 3.8) is 0 Å². The molecule has 5 nitrogen and oxygen atoms in total. The summed E-state index contributed by atoms with van der Waals surface area (Å²) < 4.78 is 2.05. The van der Waals surface area contributed by atoms with Crippen LogP contribution in [0.25, 0.3) is 0 Å². The molecule has 146 valence electrons. The van der Waals surface area contributed by atoms with E-state index >= 15 is 0 Å². The Morgan fingerprint density at radius 3 is 2.46 bits per heavy atom. The molecule has 28 heavy (non-hydrogen) atoms. The minimum Gasteiger partial charge on any atom is -0.325 e.